The SMILES string of the molecule is CC=CC[C@H]1CC[C@H](c2ccc(COCCC)cc2)CC1. The zero-order valence-electron chi connectivity index (χ0n) is 13.7. The van der Waals surface area contributed by atoms with Gasteiger partial charge in [-0.25, -0.2) is 0 Å². The van der Waals surface area contributed by atoms with E-state index in [9.17, 15) is 0 Å². The lowest BCUT2D eigenvalue weighted by atomic mass is 9.77. The van der Waals surface area contributed by atoms with Crippen molar-refractivity contribution >= 4 is 0 Å². The molecule has 21 heavy (non-hydrogen) atoms. The van der Waals surface area contributed by atoms with Crippen LogP contribution in [0.3, 0.4) is 0 Å². The normalized spacial score (nSPS) is 22.8. The van der Waals surface area contributed by atoms with E-state index in [0.29, 0.717) is 0 Å². The van der Waals surface area contributed by atoms with Crippen LogP contribution < -0.4 is 0 Å². The minimum atomic E-state index is 0.754. The van der Waals surface area contributed by atoms with Gasteiger partial charge in [-0.05, 0) is 68.4 Å². The van der Waals surface area contributed by atoms with E-state index in [1.54, 1.807) is 0 Å². The van der Waals surface area contributed by atoms with Gasteiger partial charge in [-0.15, -0.1) is 0 Å². The van der Waals surface area contributed by atoms with E-state index in [1.807, 2.05) is 0 Å². The maximum absolute atomic E-state index is 5.60. The summed E-state index contributed by atoms with van der Waals surface area (Å²) in [5.41, 5.74) is 2.83. The van der Waals surface area contributed by atoms with Crippen LogP contribution in [0.15, 0.2) is 36.4 Å². The third-order valence-corrected chi connectivity index (χ3v) is 4.62. The van der Waals surface area contributed by atoms with Gasteiger partial charge >= 0.3 is 0 Å². The molecule has 0 amide bonds. The fourth-order valence-electron chi connectivity index (χ4n) is 3.28. The molecule has 1 aliphatic carbocycles. The topological polar surface area (TPSA) is 9.23 Å². The molecule has 0 atom stereocenters. The Kier molecular flexibility index (Phi) is 7.02. The Morgan fingerprint density at radius 1 is 1.10 bits per heavy atom. The first-order valence-electron chi connectivity index (χ1n) is 8.61. The lowest BCUT2D eigenvalue weighted by Crippen LogP contribution is -2.12. The first-order chi connectivity index (χ1) is 10.3. The van der Waals surface area contributed by atoms with Crippen LogP contribution >= 0.6 is 0 Å². The molecule has 0 N–H and O–H groups in total. The first-order valence-corrected chi connectivity index (χ1v) is 8.61. The zero-order valence-corrected chi connectivity index (χ0v) is 13.7. The van der Waals surface area contributed by atoms with Gasteiger partial charge in [0.2, 0.25) is 0 Å². The van der Waals surface area contributed by atoms with Gasteiger partial charge in [0.25, 0.3) is 0 Å². The summed E-state index contributed by atoms with van der Waals surface area (Å²) in [6, 6.07) is 9.14. The van der Waals surface area contributed by atoms with Crippen molar-refractivity contribution in [3.63, 3.8) is 0 Å². The molecule has 2 rings (SSSR count). The number of ether oxygens (including phenoxy) is 1. The predicted octanol–water partition coefficient (Wildman–Crippen LogP) is 5.85. The van der Waals surface area contributed by atoms with E-state index >= 15 is 0 Å². The number of rotatable bonds is 7. The highest BCUT2D eigenvalue weighted by molar-refractivity contribution is 5.25. The second kappa shape index (κ2) is 9.04. The minimum Gasteiger partial charge on any atom is -0.377 e. The van der Waals surface area contributed by atoms with Gasteiger partial charge in [-0.2, -0.15) is 0 Å². The molecule has 0 aliphatic heterocycles. The second-order valence-corrected chi connectivity index (χ2v) is 6.32. The average molecular weight is 286 g/mol. The standard InChI is InChI=1S/C20H30O/c1-3-5-6-17-7-11-19(12-8-17)20-13-9-18(10-14-20)16-21-15-4-2/h3,5,9-10,13-14,17,19H,4,6-8,11-12,15-16H2,1-2H3/t17-,19-. The fourth-order valence-corrected chi connectivity index (χ4v) is 3.28. The molecule has 1 aromatic carbocycles. The molecule has 1 aliphatic rings. The van der Waals surface area contributed by atoms with Crippen LogP contribution in [0.1, 0.15) is 69.4 Å². The summed E-state index contributed by atoms with van der Waals surface area (Å²) in [6.07, 6.45) is 12.4. The Bertz CT molecular complexity index is 410. The number of hydrogen-bond acceptors (Lipinski definition) is 1. The summed E-state index contributed by atoms with van der Waals surface area (Å²) in [5.74, 6) is 1.69. The van der Waals surface area contributed by atoms with Gasteiger partial charge in [-0.1, -0.05) is 43.3 Å². The Hall–Kier alpha value is -1.08. The Balaban J connectivity index is 1.80. The van der Waals surface area contributed by atoms with Crippen molar-refractivity contribution in [2.45, 2.75) is 64.9 Å². The monoisotopic (exact) mass is 286 g/mol. The lowest BCUT2D eigenvalue weighted by molar-refractivity contribution is 0.121. The van der Waals surface area contributed by atoms with Crippen molar-refractivity contribution < 1.29 is 4.74 Å². The van der Waals surface area contributed by atoms with Crippen molar-refractivity contribution in [2.24, 2.45) is 5.92 Å². The molecular weight excluding hydrogens is 256 g/mol. The molecule has 1 nitrogen and oxygen atoms in total. The van der Waals surface area contributed by atoms with Gasteiger partial charge < -0.3 is 4.74 Å². The average Bonchev–Trinajstić information content (AvgIpc) is 2.54. The van der Waals surface area contributed by atoms with E-state index < -0.39 is 0 Å². The van der Waals surface area contributed by atoms with Gasteiger partial charge in [0.15, 0.2) is 0 Å². The van der Waals surface area contributed by atoms with Crippen LogP contribution in [0.25, 0.3) is 0 Å². The quantitative estimate of drug-likeness (QED) is 0.451. The van der Waals surface area contributed by atoms with Gasteiger partial charge in [0, 0.05) is 6.61 Å². The van der Waals surface area contributed by atoms with E-state index in [4.69, 9.17) is 4.74 Å². The number of allylic oxidation sites excluding steroid dienone is 2. The largest absolute Gasteiger partial charge is 0.377 e. The molecular formula is C20H30O. The highest BCUT2D eigenvalue weighted by Gasteiger charge is 2.21. The third kappa shape index (κ3) is 5.32. The molecule has 0 bridgehead atoms. The zero-order chi connectivity index (χ0) is 14.9. The van der Waals surface area contributed by atoms with Crippen molar-refractivity contribution in [1.82, 2.24) is 0 Å². The second-order valence-electron chi connectivity index (χ2n) is 6.32. The molecule has 0 heterocycles. The Labute approximate surface area is 130 Å². The molecule has 116 valence electrons. The maximum Gasteiger partial charge on any atom is 0.0716 e. The van der Waals surface area contributed by atoms with Crippen LogP contribution in [-0.2, 0) is 11.3 Å². The van der Waals surface area contributed by atoms with Crippen LogP contribution in [0.4, 0.5) is 0 Å². The molecule has 0 radical (unpaired) electrons. The highest BCUT2D eigenvalue weighted by Crippen LogP contribution is 2.37. The Morgan fingerprint density at radius 3 is 2.43 bits per heavy atom. The summed E-state index contributed by atoms with van der Waals surface area (Å²) in [7, 11) is 0. The van der Waals surface area contributed by atoms with Gasteiger partial charge in [0.1, 0.15) is 0 Å². The van der Waals surface area contributed by atoms with Crippen molar-refractivity contribution in [1.29, 1.82) is 0 Å². The molecule has 0 spiro atoms. The van der Waals surface area contributed by atoms with E-state index in [-0.39, 0.29) is 0 Å². The molecule has 0 saturated heterocycles. The van der Waals surface area contributed by atoms with Crippen molar-refractivity contribution in [3.05, 3.63) is 47.5 Å². The predicted molar refractivity (Wildman–Crippen MR) is 90.5 cm³/mol. The highest BCUT2D eigenvalue weighted by atomic mass is 16.5. The molecule has 0 aromatic heterocycles. The molecule has 1 fully saturated rings. The van der Waals surface area contributed by atoms with Gasteiger partial charge in [0.05, 0.1) is 6.61 Å². The Morgan fingerprint density at radius 2 is 1.81 bits per heavy atom. The summed E-state index contributed by atoms with van der Waals surface area (Å²) in [6.45, 7) is 5.88. The summed E-state index contributed by atoms with van der Waals surface area (Å²) >= 11 is 0. The number of benzene rings is 1. The van der Waals surface area contributed by atoms with Crippen LogP contribution in [0.5, 0.6) is 0 Å². The van der Waals surface area contributed by atoms with Crippen molar-refractivity contribution in [3.8, 4) is 0 Å². The smallest absolute Gasteiger partial charge is 0.0716 e. The maximum atomic E-state index is 5.60. The number of hydrogen-bond donors (Lipinski definition) is 0. The van der Waals surface area contributed by atoms with Crippen LogP contribution in [0, 0.1) is 5.92 Å². The van der Waals surface area contributed by atoms with E-state index in [0.717, 1.165) is 31.5 Å². The molecule has 1 saturated carbocycles. The van der Waals surface area contributed by atoms with E-state index in [1.165, 1.54) is 43.2 Å². The molecule has 1 aromatic rings. The van der Waals surface area contributed by atoms with Gasteiger partial charge in [-0.3, -0.25) is 0 Å². The lowest BCUT2D eigenvalue weighted by Gasteiger charge is -2.28. The summed E-state index contributed by atoms with van der Waals surface area (Å²) in [4.78, 5) is 0. The minimum absolute atomic E-state index is 0.754. The van der Waals surface area contributed by atoms with Crippen LogP contribution in [0.2, 0.25) is 0 Å². The third-order valence-electron chi connectivity index (χ3n) is 4.62. The fraction of sp³-hybridized carbons (Fsp3) is 0.600. The van der Waals surface area contributed by atoms with Crippen LogP contribution in [-0.4, -0.2) is 6.61 Å². The summed E-state index contributed by atoms with van der Waals surface area (Å²) < 4.78 is 5.60. The van der Waals surface area contributed by atoms with Crippen molar-refractivity contribution in [2.75, 3.05) is 6.61 Å². The molecule has 0 unspecified atom stereocenters. The first kappa shape index (κ1) is 16.3. The molecule has 1 heteroatoms. The summed E-state index contributed by atoms with van der Waals surface area (Å²) in [5, 5.41) is 0. The van der Waals surface area contributed by atoms with E-state index in [2.05, 4.69) is 50.3 Å².